The molecule has 26 heavy (non-hydrogen) atoms. The van der Waals surface area contributed by atoms with E-state index in [0.717, 1.165) is 26.6 Å². The summed E-state index contributed by atoms with van der Waals surface area (Å²) in [4.78, 5) is 1.78. The lowest BCUT2D eigenvalue weighted by Crippen LogP contribution is -2.27. The molecule has 1 atom stereocenters. The number of hydrogen-bond acceptors (Lipinski definition) is 5. The van der Waals surface area contributed by atoms with Gasteiger partial charge in [-0.2, -0.15) is 0 Å². The van der Waals surface area contributed by atoms with Crippen molar-refractivity contribution in [3.8, 4) is 5.75 Å². The fraction of sp³-hybridized carbons (Fsp3) is 0.238. The predicted octanol–water partition coefficient (Wildman–Crippen LogP) is 4.09. The van der Waals surface area contributed by atoms with Gasteiger partial charge in [0.15, 0.2) is 0 Å². The van der Waals surface area contributed by atoms with E-state index in [9.17, 15) is 5.11 Å². The molecular weight excluding hydrogens is 348 g/mol. The lowest BCUT2D eigenvalue weighted by molar-refractivity contribution is -0.127. The van der Waals surface area contributed by atoms with Crippen LogP contribution in [0.1, 0.15) is 27.0 Å². The van der Waals surface area contributed by atoms with Gasteiger partial charge in [0.2, 0.25) is 5.79 Å². The van der Waals surface area contributed by atoms with Gasteiger partial charge in [0.05, 0.1) is 25.2 Å². The van der Waals surface area contributed by atoms with Crippen LogP contribution in [-0.2, 0) is 15.3 Å². The largest absolute Gasteiger partial charge is 0.497 e. The highest BCUT2D eigenvalue weighted by molar-refractivity contribution is 7.12. The van der Waals surface area contributed by atoms with E-state index in [1.54, 1.807) is 7.11 Å². The van der Waals surface area contributed by atoms with Crippen molar-refractivity contribution in [3.05, 3.63) is 87.6 Å². The molecule has 1 aliphatic rings. The first-order valence-corrected chi connectivity index (χ1v) is 9.30. The number of rotatable bonds is 5. The van der Waals surface area contributed by atoms with Gasteiger partial charge in [-0.05, 0) is 29.8 Å². The van der Waals surface area contributed by atoms with E-state index in [1.165, 1.54) is 11.3 Å². The second kappa shape index (κ2) is 7.21. The van der Waals surface area contributed by atoms with Crippen LogP contribution in [-0.4, -0.2) is 25.4 Å². The van der Waals surface area contributed by atoms with Crippen molar-refractivity contribution in [2.24, 2.45) is 0 Å². The SMILES string of the molecule is COc1ccc(C(O)c2ccc(C3(c4ccccc4)OCCO3)s2)cc1. The predicted molar refractivity (Wildman–Crippen MR) is 101 cm³/mol. The van der Waals surface area contributed by atoms with Gasteiger partial charge in [-0.25, -0.2) is 0 Å². The Kier molecular flexibility index (Phi) is 4.78. The van der Waals surface area contributed by atoms with Crippen LogP contribution in [0.3, 0.4) is 0 Å². The summed E-state index contributed by atoms with van der Waals surface area (Å²) in [6.45, 7) is 1.09. The van der Waals surface area contributed by atoms with Gasteiger partial charge >= 0.3 is 0 Å². The van der Waals surface area contributed by atoms with Crippen molar-refractivity contribution in [1.82, 2.24) is 0 Å². The van der Waals surface area contributed by atoms with Crippen LogP contribution in [0.15, 0.2) is 66.7 Å². The monoisotopic (exact) mass is 368 g/mol. The highest BCUT2D eigenvalue weighted by Crippen LogP contribution is 2.43. The average molecular weight is 368 g/mol. The molecule has 2 heterocycles. The number of benzene rings is 2. The first-order valence-electron chi connectivity index (χ1n) is 8.48. The van der Waals surface area contributed by atoms with Gasteiger partial charge in [-0.15, -0.1) is 11.3 Å². The van der Waals surface area contributed by atoms with E-state index in [-0.39, 0.29) is 0 Å². The van der Waals surface area contributed by atoms with Crippen LogP contribution in [0.2, 0.25) is 0 Å². The van der Waals surface area contributed by atoms with Crippen LogP contribution in [0, 0.1) is 0 Å². The minimum atomic E-state index is -0.885. The molecule has 0 saturated carbocycles. The summed E-state index contributed by atoms with van der Waals surface area (Å²) in [6, 6.07) is 21.3. The molecule has 1 N–H and O–H groups in total. The molecule has 4 nitrogen and oxygen atoms in total. The Balaban J connectivity index is 1.66. The molecule has 0 spiro atoms. The fourth-order valence-corrected chi connectivity index (χ4v) is 4.29. The molecule has 0 aliphatic carbocycles. The molecule has 2 aromatic carbocycles. The van der Waals surface area contributed by atoms with Crippen LogP contribution >= 0.6 is 11.3 Å². The molecule has 1 unspecified atom stereocenters. The number of aliphatic hydroxyl groups is 1. The topological polar surface area (TPSA) is 47.9 Å². The maximum atomic E-state index is 10.8. The zero-order valence-electron chi connectivity index (χ0n) is 14.4. The third kappa shape index (κ3) is 3.04. The number of thiophene rings is 1. The Morgan fingerprint density at radius 3 is 2.31 bits per heavy atom. The normalized spacial score (nSPS) is 17.2. The first kappa shape index (κ1) is 17.2. The Morgan fingerprint density at radius 1 is 0.962 bits per heavy atom. The summed E-state index contributed by atoms with van der Waals surface area (Å²) in [7, 11) is 1.63. The number of ether oxygens (including phenoxy) is 3. The van der Waals surface area contributed by atoms with Crippen molar-refractivity contribution in [2.45, 2.75) is 11.9 Å². The number of methoxy groups -OCH3 is 1. The van der Waals surface area contributed by atoms with Gasteiger partial charge in [0.1, 0.15) is 11.9 Å². The molecule has 0 radical (unpaired) electrons. The Hall–Kier alpha value is -2.18. The van der Waals surface area contributed by atoms with Gasteiger partial charge in [-0.3, -0.25) is 0 Å². The molecule has 1 saturated heterocycles. The maximum absolute atomic E-state index is 10.8. The summed E-state index contributed by atoms with van der Waals surface area (Å²) >= 11 is 1.51. The van der Waals surface area contributed by atoms with Crippen molar-refractivity contribution >= 4 is 11.3 Å². The molecular formula is C21H20O4S. The van der Waals surface area contributed by atoms with Gasteiger partial charge in [0.25, 0.3) is 0 Å². The summed E-state index contributed by atoms with van der Waals surface area (Å²) in [5.74, 6) is -0.118. The highest BCUT2D eigenvalue weighted by Gasteiger charge is 2.42. The van der Waals surface area contributed by atoms with E-state index in [2.05, 4.69) is 0 Å². The zero-order chi connectivity index (χ0) is 18.0. The van der Waals surface area contributed by atoms with Gasteiger partial charge in [-0.1, -0.05) is 42.5 Å². The Morgan fingerprint density at radius 2 is 1.65 bits per heavy atom. The molecule has 1 fully saturated rings. The molecule has 1 aliphatic heterocycles. The van der Waals surface area contributed by atoms with Gasteiger partial charge in [0, 0.05) is 10.4 Å². The number of aliphatic hydroxyl groups excluding tert-OH is 1. The van der Waals surface area contributed by atoms with Crippen LogP contribution in [0.25, 0.3) is 0 Å². The molecule has 0 bridgehead atoms. The summed E-state index contributed by atoms with van der Waals surface area (Å²) in [6.07, 6.45) is -0.700. The van der Waals surface area contributed by atoms with Crippen LogP contribution < -0.4 is 4.74 Å². The minimum Gasteiger partial charge on any atom is -0.497 e. The molecule has 3 aromatic rings. The zero-order valence-corrected chi connectivity index (χ0v) is 15.2. The first-order chi connectivity index (χ1) is 12.7. The summed E-state index contributed by atoms with van der Waals surface area (Å²) < 4.78 is 17.2. The summed E-state index contributed by atoms with van der Waals surface area (Å²) in [5, 5.41) is 10.8. The van der Waals surface area contributed by atoms with E-state index < -0.39 is 11.9 Å². The van der Waals surface area contributed by atoms with Gasteiger partial charge < -0.3 is 19.3 Å². The van der Waals surface area contributed by atoms with E-state index in [4.69, 9.17) is 14.2 Å². The molecule has 1 aromatic heterocycles. The van der Waals surface area contributed by atoms with Crippen LogP contribution in [0.5, 0.6) is 5.75 Å². The fourth-order valence-electron chi connectivity index (χ4n) is 3.15. The molecule has 0 amide bonds. The smallest absolute Gasteiger partial charge is 0.232 e. The lowest BCUT2D eigenvalue weighted by atomic mass is 10.0. The lowest BCUT2D eigenvalue weighted by Gasteiger charge is -2.26. The standard InChI is InChI=1S/C21H20O4S/c1-23-17-9-7-15(8-10-17)20(22)18-11-12-19(26-18)21(24-13-14-25-21)16-5-3-2-4-6-16/h2-12,20,22H,13-14H2,1H3. The molecule has 5 heteroatoms. The highest BCUT2D eigenvalue weighted by atomic mass is 32.1. The van der Waals surface area contributed by atoms with E-state index in [0.29, 0.717) is 13.2 Å². The van der Waals surface area contributed by atoms with Crippen molar-refractivity contribution in [1.29, 1.82) is 0 Å². The third-order valence-electron chi connectivity index (χ3n) is 4.50. The molecule has 134 valence electrons. The minimum absolute atomic E-state index is 0.545. The summed E-state index contributed by atoms with van der Waals surface area (Å²) in [5.41, 5.74) is 1.78. The average Bonchev–Trinajstić information content (AvgIpc) is 3.38. The van der Waals surface area contributed by atoms with Crippen molar-refractivity contribution in [2.75, 3.05) is 20.3 Å². The second-order valence-electron chi connectivity index (χ2n) is 6.06. The van der Waals surface area contributed by atoms with Crippen LogP contribution in [0.4, 0.5) is 0 Å². The number of hydrogen-bond donors (Lipinski definition) is 1. The van der Waals surface area contributed by atoms with Crippen molar-refractivity contribution in [3.63, 3.8) is 0 Å². The molecule has 4 rings (SSSR count). The quantitative estimate of drug-likeness (QED) is 0.737. The Labute approximate surface area is 156 Å². The van der Waals surface area contributed by atoms with E-state index in [1.807, 2.05) is 66.7 Å². The van der Waals surface area contributed by atoms with E-state index >= 15 is 0 Å². The third-order valence-corrected chi connectivity index (χ3v) is 5.72. The maximum Gasteiger partial charge on any atom is 0.232 e. The Bertz CT molecular complexity index is 851. The second-order valence-corrected chi connectivity index (χ2v) is 7.17. The van der Waals surface area contributed by atoms with Crippen molar-refractivity contribution < 1.29 is 19.3 Å².